The summed E-state index contributed by atoms with van der Waals surface area (Å²) in [6.07, 6.45) is 0. The molecule has 0 aromatic heterocycles. The van der Waals surface area contributed by atoms with Crippen molar-refractivity contribution in [2.45, 2.75) is 12.2 Å². The van der Waals surface area contributed by atoms with E-state index in [1.165, 1.54) is 11.3 Å². The Bertz CT molecular complexity index is 230. The van der Waals surface area contributed by atoms with Gasteiger partial charge in [0.2, 0.25) is 0 Å². The molecule has 1 aliphatic rings. The second-order valence-electron chi connectivity index (χ2n) is 3.14. The zero-order valence-corrected chi connectivity index (χ0v) is 7.47. The summed E-state index contributed by atoms with van der Waals surface area (Å²) in [5, 5.41) is 0.774. The van der Waals surface area contributed by atoms with Crippen molar-refractivity contribution in [1.82, 2.24) is 0 Å². The maximum atomic E-state index is 2.33. The van der Waals surface area contributed by atoms with Crippen molar-refractivity contribution >= 4 is 11.8 Å². The lowest BCUT2D eigenvalue weighted by atomic mass is 10.0. The fraction of sp³-hybridized carbons (Fsp3) is 0.400. The first-order valence-corrected chi connectivity index (χ1v) is 5.09. The van der Waals surface area contributed by atoms with Crippen molar-refractivity contribution in [2.75, 3.05) is 5.75 Å². The zero-order valence-electron chi connectivity index (χ0n) is 6.66. The molecule has 0 spiro atoms. The van der Waals surface area contributed by atoms with Crippen molar-refractivity contribution in [2.24, 2.45) is 5.92 Å². The van der Waals surface area contributed by atoms with E-state index in [9.17, 15) is 0 Å². The molecule has 0 unspecified atom stereocenters. The molecule has 1 aromatic carbocycles. The van der Waals surface area contributed by atoms with E-state index in [2.05, 4.69) is 49.0 Å². The van der Waals surface area contributed by atoms with Crippen molar-refractivity contribution < 1.29 is 0 Å². The van der Waals surface area contributed by atoms with E-state index in [0.29, 0.717) is 0 Å². The fourth-order valence-electron chi connectivity index (χ4n) is 1.45. The molecule has 1 saturated heterocycles. The highest BCUT2D eigenvalue weighted by Crippen LogP contribution is 2.46. The summed E-state index contributed by atoms with van der Waals surface area (Å²) in [6, 6.07) is 10.8. The van der Waals surface area contributed by atoms with Gasteiger partial charge in [-0.3, -0.25) is 0 Å². The van der Waals surface area contributed by atoms with Crippen molar-refractivity contribution in [3.63, 3.8) is 0 Å². The molecule has 0 aliphatic carbocycles. The number of benzene rings is 1. The first-order chi connectivity index (χ1) is 5.38. The first-order valence-electron chi connectivity index (χ1n) is 4.04. The predicted molar refractivity (Wildman–Crippen MR) is 50.8 cm³/mol. The maximum Gasteiger partial charge on any atom is 0.0330 e. The van der Waals surface area contributed by atoms with E-state index >= 15 is 0 Å². The summed E-state index contributed by atoms with van der Waals surface area (Å²) in [6.45, 7) is 2.33. The Morgan fingerprint density at radius 1 is 1.27 bits per heavy atom. The largest absolute Gasteiger partial charge is 0.153 e. The van der Waals surface area contributed by atoms with Gasteiger partial charge in [-0.2, -0.15) is 11.8 Å². The highest BCUT2D eigenvalue weighted by molar-refractivity contribution is 8.00. The molecular formula is C10H12S. The minimum absolute atomic E-state index is 0.774. The Hall–Kier alpha value is -0.430. The Kier molecular flexibility index (Phi) is 1.91. The van der Waals surface area contributed by atoms with Gasteiger partial charge in [-0.25, -0.2) is 0 Å². The van der Waals surface area contributed by atoms with Gasteiger partial charge in [0.1, 0.15) is 0 Å². The third-order valence-electron chi connectivity index (χ3n) is 2.18. The van der Waals surface area contributed by atoms with Crippen molar-refractivity contribution in [3.05, 3.63) is 35.9 Å². The lowest BCUT2D eigenvalue weighted by molar-refractivity contribution is 0.599. The van der Waals surface area contributed by atoms with E-state index in [1.54, 1.807) is 0 Å². The van der Waals surface area contributed by atoms with Crippen LogP contribution in [0.1, 0.15) is 17.7 Å². The smallest absolute Gasteiger partial charge is 0.0330 e. The summed E-state index contributed by atoms with van der Waals surface area (Å²) in [5.74, 6) is 2.21. The highest BCUT2D eigenvalue weighted by Gasteiger charge is 2.28. The molecular weight excluding hydrogens is 152 g/mol. The van der Waals surface area contributed by atoms with Gasteiger partial charge in [-0.05, 0) is 17.2 Å². The third-order valence-corrected chi connectivity index (χ3v) is 4.00. The summed E-state index contributed by atoms with van der Waals surface area (Å²) in [7, 11) is 0. The van der Waals surface area contributed by atoms with Gasteiger partial charge in [0.25, 0.3) is 0 Å². The molecule has 1 heterocycles. The van der Waals surface area contributed by atoms with Crippen LogP contribution < -0.4 is 0 Å². The van der Waals surface area contributed by atoms with E-state index in [0.717, 1.165) is 11.2 Å². The van der Waals surface area contributed by atoms with Gasteiger partial charge in [0.15, 0.2) is 0 Å². The third kappa shape index (κ3) is 1.30. The molecule has 1 aliphatic heterocycles. The van der Waals surface area contributed by atoms with Crippen LogP contribution in [0.3, 0.4) is 0 Å². The van der Waals surface area contributed by atoms with E-state index in [-0.39, 0.29) is 0 Å². The van der Waals surface area contributed by atoms with Gasteiger partial charge in [0, 0.05) is 5.25 Å². The van der Waals surface area contributed by atoms with Crippen molar-refractivity contribution in [1.29, 1.82) is 0 Å². The average Bonchev–Trinajstić information content (AvgIpc) is 2.04. The summed E-state index contributed by atoms with van der Waals surface area (Å²) in [5.41, 5.74) is 1.50. The number of hydrogen-bond donors (Lipinski definition) is 0. The van der Waals surface area contributed by atoms with Crippen LogP contribution in [0.2, 0.25) is 0 Å². The Morgan fingerprint density at radius 3 is 2.45 bits per heavy atom. The van der Waals surface area contributed by atoms with Crippen LogP contribution in [0.25, 0.3) is 0 Å². The van der Waals surface area contributed by atoms with Crippen LogP contribution >= 0.6 is 11.8 Å². The second-order valence-corrected chi connectivity index (χ2v) is 4.32. The topological polar surface area (TPSA) is 0 Å². The van der Waals surface area contributed by atoms with Gasteiger partial charge >= 0.3 is 0 Å². The second kappa shape index (κ2) is 2.90. The molecule has 1 heteroatoms. The number of rotatable bonds is 1. The fourth-order valence-corrected chi connectivity index (χ4v) is 2.57. The molecule has 0 radical (unpaired) electrons. The van der Waals surface area contributed by atoms with Gasteiger partial charge in [0.05, 0.1) is 0 Å². The molecule has 11 heavy (non-hydrogen) atoms. The van der Waals surface area contributed by atoms with Crippen LogP contribution in [0, 0.1) is 5.92 Å². The molecule has 2 rings (SSSR count). The average molecular weight is 164 g/mol. The normalized spacial score (nSPS) is 29.5. The van der Waals surface area contributed by atoms with E-state index in [4.69, 9.17) is 0 Å². The highest BCUT2D eigenvalue weighted by atomic mass is 32.2. The quantitative estimate of drug-likeness (QED) is 0.614. The monoisotopic (exact) mass is 164 g/mol. The Morgan fingerprint density at radius 2 is 2.00 bits per heavy atom. The summed E-state index contributed by atoms with van der Waals surface area (Å²) in [4.78, 5) is 0. The Balaban J connectivity index is 2.17. The molecule has 0 amide bonds. The molecule has 1 aromatic rings. The van der Waals surface area contributed by atoms with Crippen molar-refractivity contribution in [3.8, 4) is 0 Å². The zero-order chi connectivity index (χ0) is 7.68. The van der Waals surface area contributed by atoms with Crippen LogP contribution in [0.15, 0.2) is 30.3 Å². The van der Waals surface area contributed by atoms with Crippen LogP contribution in [-0.4, -0.2) is 5.75 Å². The molecule has 0 nitrogen and oxygen atoms in total. The van der Waals surface area contributed by atoms with Crippen LogP contribution in [0.5, 0.6) is 0 Å². The summed E-state index contributed by atoms with van der Waals surface area (Å²) < 4.78 is 0. The number of hydrogen-bond acceptors (Lipinski definition) is 1. The Labute approximate surface area is 72.0 Å². The van der Waals surface area contributed by atoms with Crippen LogP contribution in [-0.2, 0) is 0 Å². The molecule has 0 N–H and O–H groups in total. The van der Waals surface area contributed by atoms with Crippen LogP contribution in [0.4, 0.5) is 0 Å². The molecule has 0 bridgehead atoms. The summed E-state index contributed by atoms with van der Waals surface area (Å²) >= 11 is 2.07. The van der Waals surface area contributed by atoms with E-state index in [1.807, 2.05) is 0 Å². The van der Waals surface area contributed by atoms with Gasteiger partial charge < -0.3 is 0 Å². The first kappa shape index (κ1) is 7.23. The standard InChI is InChI=1S/C10H12S/c1-8-7-11-10(8)9-5-3-2-4-6-9/h2-6,8,10H,7H2,1H3/t8-,10-/m0/s1. The molecule has 2 atom stereocenters. The number of thioether (sulfide) groups is 1. The maximum absolute atomic E-state index is 2.33. The van der Waals surface area contributed by atoms with E-state index < -0.39 is 0 Å². The lowest BCUT2D eigenvalue weighted by Crippen LogP contribution is -2.19. The minimum Gasteiger partial charge on any atom is -0.153 e. The molecule has 1 fully saturated rings. The predicted octanol–water partition coefficient (Wildman–Crippen LogP) is 3.11. The SMILES string of the molecule is C[C@H]1CS[C@@H]1c1ccccc1. The molecule has 58 valence electrons. The lowest BCUT2D eigenvalue weighted by Gasteiger charge is -2.33. The van der Waals surface area contributed by atoms with Gasteiger partial charge in [-0.15, -0.1) is 0 Å². The minimum atomic E-state index is 0.774. The van der Waals surface area contributed by atoms with Gasteiger partial charge in [-0.1, -0.05) is 37.3 Å². The molecule has 0 saturated carbocycles.